The van der Waals surface area contributed by atoms with E-state index in [2.05, 4.69) is 46.3 Å². The van der Waals surface area contributed by atoms with Crippen molar-refractivity contribution in [3.8, 4) is 0 Å². The fourth-order valence-electron chi connectivity index (χ4n) is 2.19. The van der Waals surface area contributed by atoms with E-state index in [1.807, 2.05) is 0 Å². The van der Waals surface area contributed by atoms with Crippen LogP contribution < -0.4 is 0 Å². The molecule has 0 N–H and O–H groups in total. The van der Waals surface area contributed by atoms with Gasteiger partial charge in [-0.1, -0.05) is 41.6 Å². The Hall–Kier alpha value is -2.41. The van der Waals surface area contributed by atoms with E-state index in [-0.39, 0.29) is 0 Å². The monoisotopic (exact) mass is 342 g/mol. The molecule has 2 aromatic heterocycles. The standard InChI is InChI=1S/C17H18N4O2S/c1-4-23-15(22)14-9-21-16(18-12(14)3)19-17(20-21)24-10-13-7-5-11(2)6-8-13/h5-9H,4,10H2,1-3H3. The third-order valence-corrected chi connectivity index (χ3v) is 4.40. The number of thioether (sulfide) groups is 1. The molecular formula is C17H18N4O2S. The van der Waals surface area contributed by atoms with Crippen molar-refractivity contribution in [1.29, 1.82) is 0 Å². The van der Waals surface area contributed by atoms with Crippen LogP contribution in [0, 0.1) is 13.8 Å². The van der Waals surface area contributed by atoms with Crippen LogP contribution in [0.5, 0.6) is 0 Å². The van der Waals surface area contributed by atoms with E-state index in [9.17, 15) is 4.79 Å². The molecule has 0 aliphatic heterocycles. The van der Waals surface area contributed by atoms with E-state index in [0.717, 1.165) is 5.75 Å². The second-order valence-electron chi connectivity index (χ2n) is 5.37. The third-order valence-electron chi connectivity index (χ3n) is 3.49. The molecule has 0 amide bonds. The number of benzene rings is 1. The zero-order valence-corrected chi connectivity index (χ0v) is 14.6. The predicted molar refractivity (Wildman–Crippen MR) is 92.2 cm³/mol. The van der Waals surface area contributed by atoms with Crippen LogP contribution >= 0.6 is 11.8 Å². The SMILES string of the molecule is CCOC(=O)c1cn2nc(SCc3ccc(C)cc3)nc2nc1C. The molecule has 0 fully saturated rings. The van der Waals surface area contributed by atoms with Gasteiger partial charge in [0.25, 0.3) is 5.78 Å². The van der Waals surface area contributed by atoms with Crippen molar-refractivity contribution in [2.45, 2.75) is 31.7 Å². The molecule has 0 saturated heterocycles. The summed E-state index contributed by atoms with van der Waals surface area (Å²) >= 11 is 1.54. The van der Waals surface area contributed by atoms with Gasteiger partial charge in [0.2, 0.25) is 5.16 Å². The van der Waals surface area contributed by atoms with Gasteiger partial charge in [0.05, 0.1) is 17.9 Å². The maximum Gasteiger partial charge on any atom is 0.341 e. The minimum absolute atomic E-state index is 0.325. The highest BCUT2D eigenvalue weighted by molar-refractivity contribution is 7.98. The molecule has 6 nitrogen and oxygen atoms in total. The Morgan fingerprint density at radius 1 is 1.21 bits per heavy atom. The minimum atomic E-state index is -0.395. The normalized spacial score (nSPS) is 11.0. The lowest BCUT2D eigenvalue weighted by Crippen LogP contribution is -2.10. The van der Waals surface area contributed by atoms with Crippen LogP contribution in [0.2, 0.25) is 0 Å². The molecule has 0 aliphatic rings. The Kier molecular flexibility index (Phi) is 4.80. The van der Waals surface area contributed by atoms with Crippen LogP contribution in [0.4, 0.5) is 0 Å². The van der Waals surface area contributed by atoms with Gasteiger partial charge in [-0.25, -0.2) is 14.3 Å². The molecule has 3 aromatic rings. The quantitative estimate of drug-likeness (QED) is 0.524. The second-order valence-corrected chi connectivity index (χ2v) is 6.32. The van der Waals surface area contributed by atoms with Crippen molar-refractivity contribution >= 4 is 23.5 Å². The van der Waals surface area contributed by atoms with Crippen molar-refractivity contribution in [2.75, 3.05) is 6.61 Å². The number of rotatable bonds is 5. The Bertz CT molecular complexity index is 874. The summed E-state index contributed by atoms with van der Waals surface area (Å²) in [6.45, 7) is 5.93. The third kappa shape index (κ3) is 3.56. The average molecular weight is 342 g/mol. The summed E-state index contributed by atoms with van der Waals surface area (Å²) in [5.74, 6) is 0.863. The van der Waals surface area contributed by atoms with Crippen molar-refractivity contribution in [2.24, 2.45) is 0 Å². The number of nitrogens with zero attached hydrogens (tertiary/aromatic N) is 4. The largest absolute Gasteiger partial charge is 0.462 e. The van der Waals surface area contributed by atoms with Crippen molar-refractivity contribution in [1.82, 2.24) is 19.6 Å². The van der Waals surface area contributed by atoms with Crippen LogP contribution in [-0.4, -0.2) is 32.2 Å². The topological polar surface area (TPSA) is 69.4 Å². The van der Waals surface area contributed by atoms with E-state index in [1.54, 1.807) is 20.0 Å². The zero-order valence-electron chi connectivity index (χ0n) is 13.8. The molecule has 0 bridgehead atoms. The second kappa shape index (κ2) is 7.00. The summed E-state index contributed by atoms with van der Waals surface area (Å²) < 4.78 is 6.56. The van der Waals surface area contributed by atoms with Gasteiger partial charge in [-0.15, -0.1) is 5.10 Å². The number of ether oxygens (including phenoxy) is 1. The molecule has 0 spiro atoms. The first kappa shape index (κ1) is 16.4. The van der Waals surface area contributed by atoms with E-state index in [4.69, 9.17) is 4.74 Å². The van der Waals surface area contributed by atoms with E-state index < -0.39 is 5.97 Å². The molecule has 0 unspecified atom stereocenters. The first-order valence-electron chi connectivity index (χ1n) is 7.66. The van der Waals surface area contributed by atoms with Gasteiger partial charge in [-0.3, -0.25) is 0 Å². The van der Waals surface area contributed by atoms with Crippen LogP contribution in [0.1, 0.15) is 34.1 Å². The molecule has 2 heterocycles. The maximum absolute atomic E-state index is 11.9. The van der Waals surface area contributed by atoms with E-state index >= 15 is 0 Å². The van der Waals surface area contributed by atoms with Gasteiger partial charge in [0.1, 0.15) is 0 Å². The summed E-state index contributed by atoms with van der Waals surface area (Å²) in [5, 5.41) is 5.02. The first-order chi connectivity index (χ1) is 11.6. The van der Waals surface area contributed by atoms with Gasteiger partial charge in [-0.2, -0.15) is 4.98 Å². The molecule has 124 valence electrons. The van der Waals surface area contributed by atoms with Gasteiger partial charge < -0.3 is 4.74 Å². The number of hydrogen-bond acceptors (Lipinski definition) is 6. The van der Waals surface area contributed by atoms with Gasteiger partial charge in [-0.05, 0) is 26.3 Å². The Balaban J connectivity index is 1.80. The molecule has 1 aromatic carbocycles. The molecule has 0 aliphatic carbocycles. The van der Waals surface area contributed by atoms with E-state index in [1.165, 1.54) is 27.4 Å². The molecule has 0 atom stereocenters. The van der Waals surface area contributed by atoms with Gasteiger partial charge in [0.15, 0.2) is 0 Å². The lowest BCUT2D eigenvalue weighted by atomic mass is 10.2. The van der Waals surface area contributed by atoms with Crippen LogP contribution in [0.3, 0.4) is 0 Å². The van der Waals surface area contributed by atoms with Crippen LogP contribution in [0.25, 0.3) is 5.78 Å². The van der Waals surface area contributed by atoms with Crippen molar-refractivity contribution in [3.63, 3.8) is 0 Å². The summed E-state index contributed by atoms with van der Waals surface area (Å²) in [5.41, 5.74) is 3.44. The van der Waals surface area contributed by atoms with Crippen molar-refractivity contribution < 1.29 is 9.53 Å². The molecule has 24 heavy (non-hydrogen) atoms. The fourth-order valence-corrected chi connectivity index (χ4v) is 2.97. The highest BCUT2D eigenvalue weighted by atomic mass is 32.2. The number of aryl methyl sites for hydroxylation is 2. The van der Waals surface area contributed by atoms with Crippen molar-refractivity contribution in [3.05, 3.63) is 52.8 Å². The number of aromatic nitrogens is 4. The summed E-state index contributed by atoms with van der Waals surface area (Å²) in [7, 11) is 0. The highest BCUT2D eigenvalue weighted by Gasteiger charge is 2.15. The minimum Gasteiger partial charge on any atom is -0.462 e. The number of carbonyl (C=O) groups excluding carboxylic acids is 1. The number of esters is 1. The molecule has 0 saturated carbocycles. The Labute approximate surface area is 144 Å². The first-order valence-corrected chi connectivity index (χ1v) is 8.65. The fraction of sp³-hybridized carbons (Fsp3) is 0.294. The number of carbonyl (C=O) groups is 1. The zero-order chi connectivity index (χ0) is 17.1. The summed E-state index contributed by atoms with van der Waals surface area (Å²) in [6, 6.07) is 8.37. The lowest BCUT2D eigenvalue weighted by Gasteiger charge is -2.04. The average Bonchev–Trinajstić information content (AvgIpc) is 2.95. The van der Waals surface area contributed by atoms with Gasteiger partial charge >= 0.3 is 5.97 Å². The Morgan fingerprint density at radius 2 is 1.96 bits per heavy atom. The highest BCUT2D eigenvalue weighted by Crippen LogP contribution is 2.20. The Morgan fingerprint density at radius 3 is 2.67 bits per heavy atom. The number of fused-ring (bicyclic) bond motifs is 1. The summed E-state index contributed by atoms with van der Waals surface area (Å²) in [4.78, 5) is 20.7. The maximum atomic E-state index is 11.9. The smallest absolute Gasteiger partial charge is 0.341 e. The van der Waals surface area contributed by atoms with E-state index in [0.29, 0.717) is 28.8 Å². The van der Waals surface area contributed by atoms with Crippen LogP contribution in [-0.2, 0) is 10.5 Å². The summed E-state index contributed by atoms with van der Waals surface area (Å²) in [6.07, 6.45) is 1.62. The number of hydrogen-bond donors (Lipinski definition) is 0. The lowest BCUT2D eigenvalue weighted by molar-refractivity contribution is 0.0524. The molecule has 3 rings (SSSR count). The van der Waals surface area contributed by atoms with Crippen LogP contribution in [0.15, 0.2) is 35.6 Å². The molecular weight excluding hydrogens is 324 g/mol. The van der Waals surface area contributed by atoms with Gasteiger partial charge in [0, 0.05) is 11.9 Å². The predicted octanol–water partition coefficient (Wildman–Crippen LogP) is 3.21. The molecule has 0 radical (unpaired) electrons. The molecule has 7 heteroatoms.